The molecule has 0 aliphatic carbocycles. The second-order valence-corrected chi connectivity index (χ2v) is 8.21. The maximum absolute atomic E-state index is 12.6. The smallest absolute Gasteiger partial charge is 0.227 e. The fourth-order valence-corrected chi connectivity index (χ4v) is 4.36. The Morgan fingerprint density at radius 2 is 2.03 bits per heavy atom. The van der Waals surface area contributed by atoms with Gasteiger partial charge >= 0.3 is 0 Å². The van der Waals surface area contributed by atoms with Gasteiger partial charge < -0.3 is 15.0 Å². The number of ether oxygens (including phenoxy) is 1. The molecule has 1 amide bonds. The summed E-state index contributed by atoms with van der Waals surface area (Å²) < 4.78 is 5.14. The van der Waals surface area contributed by atoms with E-state index in [0.29, 0.717) is 16.5 Å². The molecule has 3 heterocycles. The van der Waals surface area contributed by atoms with E-state index in [-0.39, 0.29) is 11.8 Å². The first kappa shape index (κ1) is 19.7. The number of anilines is 2. The van der Waals surface area contributed by atoms with Crippen molar-refractivity contribution in [1.82, 2.24) is 10.2 Å². The molecule has 4 rings (SSSR count). The summed E-state index contributed by atoms with van der Waals surface area (Å²) in [6.07, 6.45) is 1.54. The number of benzene rings is 1. The fraction of sp³-hybridized carbons (Fsp3) is 0.286. The van der Waals surface area contributed by atoms with E-state index in [0.717, 1.165) is 42.3 Å². The van der Waals surface area contributed by atoms with Crippen LogP contribution in [0.25, 0.3) is 10.6 Å². The normalized spacial score (nSPS) is 14.6. The van der Waals surface area contributed by atoms with Crippen LogP contribution in [0.2, 0.25) is 5.02 Å². The summed E-state index contributed by atoms with van der Waals surface area (Å²) in [5.74, 6) is 1.42. The minimum Gasteiger partial charge on any atom is -0.495 e. The van der Waals surface area contributed by atoms with Gasteiger partial charge in [-0.15, -0.1) is 21.5 Å². The molecule has 29 heavy (non-hydrogen) atoms. The molecule has 0 atom stereocenters. The molecule has 0 spiro atoms. The summed E-state index contributed by atoms with van der Waals surface area (Å²) in [6.45, 7) is 1.54. The van der Waals surface area contributed by atoms with Crippen molar-refractivity contribution in [3.63, 3.8) is 0 Å². The average molecular weight is 429 g/mol. The topological polar surface area (TPSA) is 67.3 Å². The molecule has 6 nitrogen and oxygen atoms in total. The molecule has 8 heteroatoms. The van der Waals surface area contributed by atoms with Gasteiger partial charge in [0.25, 0.3) is 0 Å². The third-order valence-corrected chi connectivity index (χ3v) is 6.22. The summed E-state index contributed by atoms with van der Waals surface area (Å²) in [4.78, 5) is 15.9. The second-order valence-electron chi connectivity index (χ2n) is 6.85. The number of rotatable bonds is 5. The maximum atomic E-state index is 12.6. The van der Waals surface area contributed by atoms with Crippen LogP contribution in [0.3, 0.4) is 0 Å². The number of nitrogens with zero attached hydrogens (tertiary/aromatic N) is 3. The first-order valence-electron chi connectivity index (χ1n) is 9.41. The predicted octanol–water partition coefficient (Wildman–Crippen LogP) is 4.72. The Bertz CT molecular complexity index is 971. The van der Waals surface area contributed by atoms with Crippen molar-refractivity contribution in [2.45, 2.75) is 12.8 Å². The van der Waals surface area contributed by atoms with Gasteiger partial charge in [0.2, 0.25) is 5.91 Å². The minimum atomic E-state index is -0.0366. The van der Waals surface area contributed by atoms with Crippen molar-refractivity contribution in [3.8, 4) is 16.3 Å². The van der Waals surface area contributed by atoms with Gasteiger partial charge in [0.15, 0.2) is 5.82 Å². The van der Waals surface area contributed by atoms with Gasteiger partial charge in [-0.3, -0.25) is 4.79 Å². The van der Waals surface area contributed by atoms with Crippen LogP contribution in [0.5, 0.6) is 5.75 Å². The van der Waals surface area contributed by atoms with E-state index >= 15 is 0 Å². The molecule has 1 saturated heterocycles. The largest absolute Gasteiger partial charge is 0.495 e. The van der Waals surface area contributed by atoms with Gasteiger partial charge in [0, 0.05) is 24.7 Å². The van der Waals surface area contributed by atoms with Gasteiger partial charge in [-0.05, 0) is 54.6 Å². The van der Waals surface area contributed by atoms with E-state index in [9.17, 15) is 4.79 Å². The van der Waals surface area contributed by atoms with E-state index < -0.39 is 0 Å². The monoisotopic (exact) mass is 428 g/mol. The van der Waals surface area contributed by atoms with E-state index in [1.54, 1.807) is 36.6 Å². The average Bonchev–Trinajstić information content (AvgIpc) is 3.29. The molecule has 3 aromatic rings. The van der Waals surface area contributed by atoms with Crippen LogP contribution in [0.4, 0.5) is 11.5 Å². The van der Waals surface area contributed by atoms with E-state index in [1.165, 1.54) is 0 Å². The third kappa shape index (κ3) is 4.52. The Morgan fingerprint density at radius 1 is 1.21 bits per heavy atom. The Morgan fingerprint density at radius 3 is 2.66 bits per heavy atom. The second kappa shape index (κ2) is 8.80. The number of thiophene rings is 1. The molecule has 1 N–H and O–H groups in total. The summed E-state index contributed by atoms with van der Waals surface area (Å²) in [7, 11) is 1.56. The van der Waals surface area contributed by atoms with Crippen LogP contribution < -0.4 is 15.0 Å². The van der Waals surface area contributed by atoms with Crippen LogP contribution in [-0.2, 0) is 4.79 Å². The highest BCUT2D eigenvalue weighted by Crippen LogP contribution is 2.29. The van der Waals surface area contributed by atoms with Gasteiger partial charge in [-0.1, -0.05) is 17.7 Å². The molecule has 1 aliphatic rings. The first-order valence-corrected chi connectivity index (χ1v) is 10.7. The Hall–Kier alpha value is -2.64. The van der Waals surface area contributed by atoms with Crippen molar-refractivity contribution in [2.75, 3.05) is 30.4 Å². The predicted molar refractivity (Wildman–Crippen MR) is 117 cm³/mol. The minimum absolute atomic E-state index is 0.0185. The van der Waals surface area contributed by atoms with E-state index in [2.05, 4.69) is 20.4 Å². The molecule has 1 fully saturated rings. The first-order chi connectivity index (χ1) is 14.1. The summed E-state index contributed by atoms with van der Waals surface area (Å²) in [6, 6.07) is 13.3. The molecule has 1 aliphatic heterocycles. The van der Waals surface area contributed by atoms with Crippen molar-refractivity contribution >= 4 is 40.4 Å². The van der Waals surface area contributed by atoms with Crippen molar-refractivity contribution in [2.24, 2.45) is 5.92 Å². The number of methoxy groups -OCH3 is 1. The van der Waals surface area contributed by atoms with Gasteiger partial charge in [-0.2, -0.15) is 0 Å². The quantitative estimate of drug-likeness (QED) is 0.636. The van der Waals surface area contributed by atoms with Crippen molar-refractivity contribution in [1.29, 1.82) is 0 Å². The molecular formula is C21H21ClN4O2S. The third-order valence-electron chi connectivity index (χ3n) is 5.03. The number of hydrogen-bond acceptors (Lipinski definition) is 6. The molecule has 2 aromatic heterocycles. The molecule has 1 aromatic carbocycles. The lowest BCUT2D eigenvalue weighted by atomic mass is 9.96. The number of piperidine rings is 1. The van der Waals surface area contributed by atoms with Crippen molar-refractivity contribution in [3.05, 3.63) is 52.9 Å². The molecule has 150 valence electrons. The molecule has 0 unspecified atom stereocenters. The lowest BCUT2D eigenvalue weighted by Gasteiger charge is -2.31. The summed E-state index contributed by atoms with van der Waals surface area (Å²) >= 11 is 7.78. The number of amides is 1. The Kier molecular flexibility index (Phi) is 5.97. The maximum Gasteiger partial charge on any atom is 0.227 e. The number of carbonyl (C=O) groups excluding carboxylic acids is 1. The SMILES string of the molecule is COc1ccc(NC(=O)C2CCN(c3ccc(-c4cccs4)nn3)CC2)cc1Cl. The standard InChI is InChI=1S/C21H21ClN4O2S/c1-28-18-6-4-15(13-16(18)22)23-21(27)14-8-10-26(11-9-14)20-7-5-17(24-25-20)19-3-2-12-29-19/h2-7,12-14H,8-11H2,1H3,(H,23,27). The molecule has 0 radical (unpaired) electrons. The van der Waals surface area contributed by atoms with Gasteiger partial charge in [0.05, 0.1) is 17.0 Å². The summed E-state index contributed by atoms with van der Waals surface area (Å²) in [5, 5.41) is 14.2. The Balaban J connectivity index is 1.33. The zero-order valence-corrected chi connectivity index (χ0v) is 17.5. The number of halogens is 1. The van der Waals surface area contributed by atoms with Gasteiger partial charge in [-0.25, -0.2) is 0 Å². The number of aromatic nitrogens is 2. The lowest BCUT2D eigenvalue weighted by Crippen LogP contribution is -2.38. The van der Waals surface area contributed by atoms with Crippen LogP contribution in [-0.4, -0.2) is 36.3 Å². The van der Waals surface area contributed by atoms with Crippen LogP contribution in [0.15, 0.2) is 47.8 Å². The fourth-order valence-electron chi connectivity index (χ4n) is 3.41. The molecule has 0 bridgehead atoms. The Labute approximate surface area is 178 Å². The summed E-state index contributed by atoms with van der Waals surface area (Å²) in [5.41, 5.74) is 1.56. The number of carbonyl (C=O) groups is 1. The van der Waals surface area contributed by atoms with Crippen LogP contribution in [0, 0.1) is 5.92 Å². The van der Waals surface area contributed by atoms with Crippen molar-refractivity contribution < 1.29 is 9.53 Å². The van der Waals surface area contributed by atoms with Crippen LogP contribution in [0.1, 0.15) is 12.8 Å². The highest BCUT2D eigenvalue weighted by molar-refractivity contribution is 7.13. The van der Waals surface area contributed by atoms with Crippen LogP contribution >= 0.6 is 22.9 Å². The van der Waals surface area contributed by atoms with E-state index in [4.69, 9.17) is 16.3 Å². The molecular weight excluding hydrogens is 408 g/mol. The van der Waals surface area contributed by atoms with Gasteiger partial charge in [0.1, 0.15) is 11.4 Å². The zero-order valence-electron chi connectivity index (χ0n) is 16.0. The number of nitrogens with one attached hydrogen (secondary N) is 1. The lowest BCUT2D eigenvalue weighted by molar-refractivity contribution is -0.120. The van der Waals surface area contributed by atoms with E-state index in [1.807, 2.05) is 29.6 Å². The zero-order chi connectivity index (χ0) is 20.2. The number of hydrogen-bond donors (Lipinski definition) is 1. The highest BCUT2D eigenvalue weighted by Gasteiger charge is 2.26. The highest BCUT2D eigenvalue weighted by atomic mass is 35.5. The molecule has 0 saturated carbocycles.